The normalized spacial score (nSPS) is 12.5. The predicted octanol–water partition coefficient (Wildman–Crippen LogP) is 2.14. The molecule has 16 heteroatoms. The van der Waals surface area contributed by atoms with Crippen LogP contribution >= 0.6 is 27.2 Å². The second kappa shape index (κ2) is 13.3. The van der Waals surface area contributed by atoms with Crippen molar-refractivity contribution in [2.45, 2.75) is 40.2 Å². The van der Waals surface area contributed by atoms with Gasteiger partial charge in [-0.15, -0.1) is 0 Å². The van der Waals surface area contributed by atoms with Crippen molar-refractivity contribution in [3.63, 3.8) is 0 Å². The van der Waals surface area contributed by atoms with E-state index in [4.69, 9.17) is 40.6 Å². The van der Waals surface area contributed by atoms with Crippen LogP contribution < -0.4 is 5.32 Å². The molecule has 1 atom stereocenters. The summed E-state index contributed by atoms with van der Waals surface area (Å²) < 4.78 is 26.1. The highest BCUT2D eigenvalue weighted by molar-refractivity contribution is 7.46. The van der Waals surface area contributed by atoms with Gasteiger partial charge in [0.1, 0.15) is 0 Å². The average Bonchev–Trinajstić information content (AvgIpc) is 3.03. The van der Waals surface area contributed by atoms with E-state index in [-0.39, 0.29) is 17.8 Å². The number of hydrogen-bond donors (Lipinski definition) is 6. The van der Waals surface area contributed by atoms with Crippen LogP contribution in [0.15, 0.2) is 6.33 Å². The molecule has 2 heterocycles. The van der Waals surface area contributed by atoms with Gasteiger partial charge in [0.25, 0.3) is 0 Å². The van der Waals surface area contributed by atoms with Crippen LogP contribution in [-0.2, 0) is 20.2 Å². The summed E-state index contributed by atoms with van der Waals surface area (Å²) in [6, 6.07) is 0. The van der Waals surface area contributed by atoms with Crippen LogP contribution in [0.25, 0.3) is 11.2 Å². The van der Waals surface area contributed by atoms with E-state index in [1.54, 1.807) is 13.4 Å². The molecule has 13 nitrogen and oxygen atoms in total. The Bertz CT molecular complexity index is 863. The van der Waals surface area contributed by atoms with Crippen molar-refractivity contribution in [3.8, 4) is 0 Å². The smallest absolute Gasteiger partial charge is 0.371 e. The predicted molar refractivity (Wildman–Crippen MR) is 112 cm³/mol. The van der Waals surface area contributed by atoms with E-state index in [2.05, 4.69) is 24.8 Å². The fourth-order valence-electron chi connectivity index (χ4n) is 2.19. The Kier molecular flexibility index (Phi) is 12.8. The largest absolute Gasteiger partial charge is 0.469 e. The molecule has 0 radical (unpaired) electrons. The highest BCUT2D eigenvalue weighted by Crippen LogP contribution is 2.37. The number of nitrogens with zero attached hydrogens (tertiary/aromatic N) is 4. The molecule has 0 fully saturated rings. The van der Waals surface area contributed by atoms with Crippen molar-refractivity contribution in [2.75, 3.05) is 19.0 Å². The van der Waals surface area contributed by atoms with Crippen LogP contribution in [0.5, 0.6) is 0 Å². The van der Waals surface area contributed by atoms with Gasteiger partial charge in [0.05, 0.1) is 12.9 Å². The van der Waals surface area contributed by atoms with Crippen molar-refractivity contribution in [3.05, 3.63) is 11.6 Å². The Morgan fingerprint density at radius 2 is 1.77 bits per heavy atom. The second-order valence-electron chi connectivity index (χ2n) is 5.56. The van der Waals surface area contributed by atoms with E-state index in [0.29, 0.717) is 29.9 Å². The number of fused-ring (bicyclic) bond motifs is 1. The topological polar surface area (TPSA) is 200 Å². The summed E-state index contributed by atoms with van der Waals surface area (Å²) in [5, 5.41) is 3.04. The molecule has 0 saturated heterocycles. The molecule has 0 aromatic carbocycles. The third-order valence-corrected chi connectivity index (χ3v) is 4.16. The molecule has 0 aliphatic carbocycles. The van der Waals surface area contributed by atoms with Crippen LogP contribution in [0.3, 0.4) is 0 Å². The maximum atomic E-state index is 10.8. The molecule has 2 aromatic rings. The summed E-state index contributed by atoms with van der Waals surface area (Å²) in [5.41, 5.74) is 1.23. The number of imidazole rings is 1. The third kappa shape index (κ3) is 11.9. The van der Waals surface area contributed by atoms with Gasteiger partial charge in [-0.2, -0.15) is 9.97 Å². The van der Waals surface area contributed by atoms with E-state index in [1.807, 2.05) is 25.3 Å². The molecule has 30 heavy (non-hydrogen) atoms. The molecule has 0 amide bonds. The molecule has 0 bridgehead atoms. The van der Waals surface area contributed by atoms with Crippen LogP contribution in [0, 0.1) is 5.92 Å². The minimum absolute atomic E-state index is 0.00487. The zero-order valence-corrected chi connectivity index (χ0v) is 19.5. The van der Waals surface area contributed by atoms with Gasteiger partial charge in [0.15, 0.2) is 17.0 Å². The van der Waals surface area contributed by atoms with E-state index >= 15 is 0 Å². The first kappa shape index (κ1) is 28.9. The molecule has 0 aliphatic rings. The number of phosphoric ester groups is 1. The Morgan fingerprint density at radius 1 is 1.20 bits per heavy atom. The van der Waals surface area contributed by atoms with E-state index in [9.17, 15) is 4.57 Å². The summed E-state index contributed by atoms with van der Waals surface area (Å²) >= 11 is 5.91. The SMILES string of the molecule is CC.CCC(CCn1cnc2c(NC)nc(Cl)nc21)COP(=O)(O)O.O=P(O)(O)O. The molecule has 1 unspecified atom stereocenters. The van der Waals surface area contributed by atoms with Crippen LogP contribution in [0.1, 0.15) is 33.6 Å². The lowest BCUT2D eigenvalue weighted by atomic mass is 10.0. The zero-order valence-electron chi connectivity index (χ0n) is 17.0. The summed E-state index contributed by atoms with van der Waals surface area (Å²) in [6.45, 7) is 6.53. The summed E-state index contributed by atoms with van der Waals surface area (Å²) in [7, 11) is -7.35. The summed E-state index contributed by atoms with van der Waals surface area (Å²) in [5.74, 6) is 0.566. The first-order chi connectivity index (χ1) is 13.8. The Balaban J connectivity index is 0.00000105. The Labute approximate surface area is 179 Å². The van der Waals surface area contributed by atoms with Gasteiger partial charge in [0, 0.05) is 13.6 Å². The Hall–Kier alpha value is -1.14. The lowest BCUT2D eigenvalue weighted by Gasteiger charge is -2.15. The average molecular weight is 492 g/mol. The molecular formula is C14H28ClN5O8P2. The van der Waals surface area contributed by atoms with Crippen LogP contribution in [0.2, 0.25) is 5.28 Å². The maximum Gasteiger partial charge on any atom is 0.469 e. The van der Waals surface area contributed by atoms with Crippen LogP contribution in [0.4, 0.5) is 5.82 Å². The van der Waals surface area contributed by atoms with Gasteiger partial charge in [-0.05, 0) is 23.9 Å². The highest BCUT2D eigenvalue weighted by atomic mass is 35.5. The highest BCUT2D eigenvalue weighted by Gasteiger charge is 2.18. The van der Waals surface area contributed by atoms with Crippen molar-refractivity contribution in [2.24, 2.45) is 5.92 Å². The van der Waals surface area contributed by atoms with E-state index in [0.717, 1.165) is 6.42 Å². The number of aromatic nitrogens is 4. The van der Waals surface area contributed by atoms with Gasteiger partial charge < -0.3 is 34.4 Å². The monoisotopic (exact) mass is 491 g/mol. The fraction of sp³-hybridized carbons (Fsp3) is 0.643. The minimum Gasteiger partial charge on any atom is -0.371 e. The number of hydrogen-bond acceptors (Lipinski definition) is 7. The van der Waals surface area contributed by atoms with Crippen molar-refractivity contribution >= 4 is 44.2 Å². The zero-order chi connectivity index (χ0) is 23.5. The van der Waals surface area contributed by atoms with Crippen molar-refractivity contribution in [1.82, 2.24) is 19.5 Å². The minimum atomic E-state index is -4.64. The molecule has 0 aliphatic heterocycles. The quantitative estimate of drug-likeness (QED) is 0.232. The standard InChI is InChI=1S/C12H19ClN5O4P.C2H6.H3O4P/c1-3-8(6-22-23(19,20)21)4-5-18-7-15-9-10(14-2)16-12(13)17-11(9)18;1-2;1-5(2,3)4/h7-8H,3-6H2,1-2H3,(H,14,16,17)(H2,19,20,21);1-2H3;(H3,1,2,3,4). The van der Waals surface area contributed by atoms with Crippen molar-refractivity contribution < 1.29 is 38.1 Å². The number of anilines is 1. The molecule has 0 saturated carbocycles. The summed E-state index contributed by atoms with van der Waals surface area (Å²) in [4.78, 5) is 51.7. The lowest BCUT2D eigenvalue weighted by Crippen LogP contribution is -2.11. The van der Waals surface area contributed by atoms with Gasteiger partial charge in [-0.25, -0.2) is 14.1 Å². The molecular weight excluding hydrogens is 464 g/mol. The maximum absolute atomic E-state index is 10.8. The molecule has 2 aromatic heterocycles. The first-order valence-corrected chi connectivity index (χ1v) is 12.4. The number of rotatable bonds is 8. The number of phosphoric acid groups is 2. The second-order valence-corrected chi connectivity index (χ2v) is 8.17. The molecule has 2 rings (SSSR count). The van der Waals surface area contributed by atoms with Gasteiger partial charge in [-0.3, -0.25) is 4.52 Å². The van der Waals surface area contributed by atoms with Crippen molar-refractivity contribution in [1.29, 1.82) is 0 Å². The third-order valence-electron chi connectivity index (χ3n) is 3.51. The van der Waals surface area contributed by atoms with Gasteiger partial charge in [0.2, 0.25) is 5.28 Å². The van der Waals surface area contributed by atoms with E-state index in [1.165, 1.54) is 0 Å². The molecule has 0 spiro atoms. The van der Waals surface area contributed by atoms with Gasteiger partial charge in [-0.1, -0.05) is 27.2 Å². The number of nitrogens with one attached hydrogen (secondary N) is 1. The molecule has 174 valence electrons. The Morgan fingerprint density at radius 3 is 2.23 bits per heavy atom. The van der Waals surface area contributed by atoms with Crippen LogP contribution in [-0.4, -0.2) is 57.6 Å². The first-order valence-electron chi connectivity index (χ1n) is 8.88. The summed E-state index contributed by atoms with van der Waals surface area (Å²) in [6.07, 6.45) is 3.05. The number of halogens is 1. The lowest BCUT2D eigenvalue weighted by molar-refractivity contribution is 0.160. The van der Waals surface area contributed by atoms with Gasteiger partial charge >= 0.3 is 15.6 Å². The molecule has 6 N–H and O–H groups in total. The fourth-order valence-corrected chi connectivity index (χ4v) is 2.75. The van der Waals surface area contributed by atoms with E-state index < -0.39 is 15.6 Å². The number of aryl methyl sites for hydroxylation is 1.